The Morgan fingerprint density at radius 1 is 1.33 bits per heavy atom. The predicted molar refractivity (Wildman–Crippen MR) is 76.5 cm³/mol. The van der Waals surface area contributed by atoms with Crippen LogP contribution in [0.2, 0.25) is 0 Å². The number of carbonyl (C=O) groups excluding carboxylic acids is 1. The van der Waals surface area contributed by atoms with Gasteiger partial charge < -0.3 is 20.3 Å². The third kappa shape index (κ3) is 6.73. The molecule has 3 N–H and O–H groups in total. The molecule has 0 spiro atoms. The van der Waals surface area contributed by atoms with Crippen LogP contribution < -0.4 is 10.6 Å². The minimum atomic E-state index is -0.794. The van der Waals surface area contributed by atoms with Gasteiger partial charge in [-0.1, -0.05) is 13.8 Å². The average molecular weight is 297 g/mol. The van der Waals surface area contributed by atoms with Crippen molar-refractivity contribution in [2.45, 2.75) is 39.7 Å². The minimum Gasteiger partial charge on any atom is -0.481 e. The highest BCUT2D eigenvalue weighted by Gasteiger charge is 2.19. The molecule has 8 heteroatoms. The average Bonchev–Trinajstić information content (AvgIpc) is 2.79. The summed E-state index contributed by atoms with van der Waals surface area (Å²) >= 11 is 0. The Morgan fingerprint density at radius 2 is 2.05 bits per heavy atom. The molecule has 0 aliphatic heterocycles. The van der Waals surface area contributed by atoms with Gasteiger partial charge in [0.2, 0.25) is 0 Å². The molecule has 0 aliphatic rings. The molecule has 0 bridgehead atoms. The Bertz CT molecular complexity index is 484. The summed E-state index contributed by atoms with van der Waals surface area (Å²) in [5, 5.41) is 21.7. The highest BCUT2D eigenvalue weighted by Crippen LogP contribution is 2.25. The third-order valence-electron chi connectivity index (χ3n) is 3.32. The Morgan fingerprint density at radius 3 is 2.62 bits per heavy atom. The number of hydrogen-bond acceptors (Lipinski definition) is 4. The van der Waals surface area contributed by atoms with Gasteiger partial charge in [0.05, 0.1) is 6.54 Å². The summed E-state index contributed by atoms with van der Waals surface area (Å²) in [6.45, 7) is 4.80. The number of nitrogens with one attached hydrogen (secondary N) is 2. The smallest absolute Gasteiger partial charge is 0.315 e. The van der Waals surface area contributed by atoms with Crippen molar-refractivity contribution in [2.75, 3.05) is 6.54 Å². The molecule has 0 atom stereocenters. The Hall–Kier alpha value is -2.12. The van der Waals surface area contributed by atoms with Crippen molar-refractivity contribution in [3.63, 3.8) is 0 Å². The maximum Gasteiger partial charge on any atom is 0.315 e. The standard InChI is InChI=1S/C13H23N5O3/c1-13(2,5-4-11(19)20)6-7-14-12(21)15-8-10-17-16-9-18(10)3/h9H,4-8H2,1-3H3,(H,19,20)(H2,14,15,21). The first-order chi connectivity index (χ1) is 9.80. The van der Waals surface area contributed by atoms with Crippen molar-refractivity contribution in [1.29, 1.82) is 0 Å². The van der Waals surface area contributed by atoms with Crippen molar-refractivity contribution in [1.82, 2.24) is 25.4 Å². The Kier molecular flexibility index (Phi) is 6.13. The van der Waals surface area contributed by atoms with E-state index in [0.29, 0.717) is 25.3 Å². The summed E-state index contributed by atoms with van der Waals surface area (Å²) in [7, 11) is 1.81. The second-order valence-corrected chi connectivity index (χ2v) is 5.78. The third-order valence-corrected chi connectivity index (χ3v) is 3.32. The van der Waals surface area contributed by atoms with Crippen LogP contribution in [0.4, 0.5) is 4.79 Å². The highest BCUT2D eigenvalue weighted by molar-refractivity contribution is 5.73. The van der Waals surface area contributed by atoms with Crippen molar-refractivity contribution in [2.24, 2.45) is 12.5 Å². The van der Waals surface area contributed by atoms with Crippen LogP contribution in [-0.4, -0.2) is 38.4 Å². The van der Waals surface area contributed by atoms with E-state index in [4.69, 9.17) is 5.11 Å². The van der Waals surface area contributed by atoms with Gasteiger partial charge >= 0.3 is 12.0 Å². The lowest BCUT2D eigenvalue weighted by atomic mass is 9.84. The van der Waals surface area contributed by atoms with Gasteiger partial charge in [0.1, 0.15) is 6.33 Å². The van der Waals surface area contributed by atoms with Gasteiger partial charge in [-0.15, -0.1) is 10.2 Å². The number of urea groups is 1. The van der Waals surface area contributed by atoms with E-state index in [1.807, 2.05) is 13.8 Å². The van der Waals surface area contributed by atoms with Gasteiger partial charge in [-0.3, -0.25) is 4.79 Å². The molecule has 0 unspecified atom stereocenters. The molecule has 1 rings (SSSR count). The number of carbonyl (C=O) groups is 2. The number of hydrogen-bond donors (Lipinski definition) is 3. The largest absolute Gasteiger partial charge is 0.481 e. The second kappa shape index (κ2) is 7.61. The number of carboxylic acid groups (broad SMARTS) is 1. The molecule has 21 heavy (non-hydrogen) atoms. The number of aliphatic carboxylic acids is 1. The summed E-state index contributed by atoms with van der Waals surface area (Å²) < 4.78 is 1.73. The van der Waals surface area contributed by atoms with Gasteiger partial charge in [-0.25, -0.2) is 4.79 Å². The predicted octanol–water partition coefficient (Wildman–Crippen LogP) is 0.895. The lowest BCUT2D eigenvalue weighted by Gasteiger charge is -2.23. The van der Waals surface area contributed by atoms with Gasteiger partial charge in [-0.2, -0.15) is 0 Å². The molecule has 2 amide bonds. The van der Waals surface area contributed by atoms with Crippen LogP contribution in [0.15, 0.2) is 6.33 Å². The lowest BCUT2D eigenvalue weighted by Crippen LogP contribution is -2.37. The fourth-order valence-electron chi connectivity index (χ4n) is 1.77. The van der Waals surface area contributed by atoms with Crippen molar-refractivity contribution < 1.29 is 14.7 Å². The topological polar surface area (TPSA) is 109 Å². The molecule has 0 aliphatic carbocycles. The molecule has 8 nitrogen and oxygen atoms in total. The Balaban J connectivity index is 2.21. The fourth-order valence-corrected chi connectivity index (χ4v) is 1.77. The van der Waals surface area contributed by atoms with Crippen LogP contribution in [0, 0.1) is 5.41 Å². The van der Waals surface area contributed by atoms with Crippen LogP contribution in [0.5, 0.6) is 0 Å². The quantitative estimate of drug-likeness (QED) is 0.660. The fraction of sp³-hybridized carbons (Fsp3) is 0.692. The first-order valence-corrected chi connectivity index (χ1v) is 6.86. The number of aryl methyl sites for hydroxylation is 1. The van der Waals surface area contributed by atoms with Crippen molar-refractivity contribution in [3.05, 3.63) is 12.2 Å². The van der Waals surface area contributed by atoms with Gasteiger partial charge in [-0.05, 0) is 18.3 Å². The molecule has 118 valence electrons. The van der Waals surface area contributed by atoms with E-state index in [0.717, 1.165) is 6.42 Å². The number of nitrogens with zero attached hydrogens (tertiary/aromatic N) is 3. The minimum absolute atomic E-state index is 0.116. The molecule has 1 aromatic heterocycles. The summed E-state index contributed by atoms with van der Waals surface area (Å²) in [4.78, 5) is 22.2. The molecular formula is C13H23N5O3. The molecule has 0 aromatic carbocycles. The zero-order chi connectivity index (χ0) is 15.9. The van der Waals surface area contributed by atoms with Crippen LogP contribution in [0.25, 0.3) is 0 Å². The summed E-state index contributed by atoms with van der Waals surface area (Å²) in [5.41, 5.74) is -0.116. The number of amides is 2. The molecule has 0 saturated heterocycles. The normalized spacial score (nSPS) is 11.2. The Labute approximate surface area is 123 Å². The monoisotopic (exact) mass is 297 g/mol. The molecular weight excluding hydrogens is 274 g/mol. The molecule has 0 saturated carbocycles. The first-order valence-electron chi connectivity index (χ1n) is 6.86. The highest BCUT2D eigenvalue weighted by atomic mass is 16.4. The van der Waals surface area contributed by atoms with Gasteiger partial charge in [0, 0.05) is 20.0 Å². The number of carboxylic acids is 1. The molecule has 1 heterocycles. The summed E-state index contributed by atoms with van der Waals surface area (Å²) in [6, 6.07) is -0.271. The van der Waals surface area contributed by atoms with Crippen LogP contribution in [0.1, 0.15) is 38.9 Å². The van der Waals surface area contributed by atoms with Gasteiger partial charge in [0.25, 0.3) is 0 Å². The van der Waals surface area contributed by atoms with E-state index in [-0.39, 0.29) is 17.9 Å². The maximum absolute atomic E-state index is 11.6. The maximum atomic E-state index is 11.6. The zero-order valence-electron chi connectivity index (χ0n) is 12.7. The molecule has 0 fully saturated rings. The van der Waals surface area contributed by atoms with E-state index in [1.54, 1.807) is 17.9 Å². The van der Waals surface area contributed by atoms with E-state index in [2.05, 4.69) is 20.8 Å². The van der Waals surface area contributed by atoms with Crippen LogP contribution >= 0.6 is 0 Å². The van der Waals surface area contributed by atoms with Crippen molar-refractivity contribution in [3.8, 4) is 0 Å². The molecule has 0 radical (unpaired) electrons. The first kappa shape index (κ1) is 16.9. The van der Waals surface area contributed by atoms with Crippen molar-refractivity contribution >= 4 is 12.0 Å². The second-order valence-electron chi connectivity index (χ2n) is 5.78. The van der Waals surface area contributed by atoms with Crippen LogP contribution in [0.3, 0.4) is 0 Å². The van der Waals surface area contributed by atoms with Gasteiger partial charge in [0.15, 0.2) is 5.82 Å². The number of rotatable bonds is 8. The van der Waals surface area contributed by atoms with E-state index >= 15 is 0 Å². The lowest BCUT2D eigenvalue weighted by molar-refractivity contribution is -0.137. The summed E-state index contributed by atoms with van der Waals surface area (Å²) in [6.07, 6.45) is 3.02. The van der Waals surface area contributed by atoms with E-state index in [1.165, 1.54) is 0 Å². The summed E-state index contributed by atoms with van der Waals surface area (Å²) in [5.74, 6) is -0.121. The zero-order valence-corrected chi connectivity index (χ0v) is 12.7. The van der Waals surface area contributed by atoms with E-state index < -0.39 is 5.97 Å². The van der Waals surface area contributed by atoms with Crippen LogP contribution in [-0.2, 0) is 18.4 Å². The molecule has 1 aromatic rings. The SMILES string of the molecule is Cn1cnnc1CNC(=O)NCCC(C)(C)CCC(=O)O. The van der Waals surface area contributed by atoms with E-state index in [9.17, 15) is 9.59 Å². The number of aromatic nitrogens is 3.